The number of ketones is 1. The highest BCUT2D eigenvalue weighted by Gasteiger charge is 2.27. The van der Waals surface area contributed by atoms with Crippen LogP contribution in [-0.2, 0) is 9.59 Å². The van der Waals surface area contributed by atoms with E-state index in [0.717, 1.165) is 26.2 Å². The van der Waals surface area contributed by atoms with Gasteiger partial charge in [0.15, 0.2) is 5.78 Å². The molecule has 2 aliphatic rings. The second kappa shape index (κ2) is 7.04. The van der Waals surface area contributed by atoms with Crippen molar-refractivity contribution in [1.29, 1.82) is 0 Å². The van der Waals surface area contributed by atoms with Gasteiger partial charge in [-0.25, -0.2) is 0 Å². The maximum atomic E-state index is 12.1. The standard InChI is InChI=1S/C21H21N3O2/c25-20-14-21(26)22-15-19(20)24-11-9-23(10-12-24)18-8-4-7-17(13-18)16-5-2-1-3-6-16/h1-8,13,15H,9-12,14H2,(H,22,26). The van der Waals surface area contributed by atoms with Crippen LogP contribution in [-0.4, -0.2) is 42.8 Å². The summed E-state index contributed by atoms with van der Waals surface area (Å²) in [6.45, 7) is 3.22. The normalized spacial score (nSPS) is 17.8. The Morgan fingerprint density at radius 3 is 2.19 bits per heavy atom. The summed E-state index contributed by atoms with van der Waals surface area (Å²) in [7, 11) is 0. The quantitative estimate of drug-likeness (QED) is 0.867. The lowest BCUT2D eigenvalue weighted by atomic mass is 10.0. The number of benzene rings is 2. The SMILES string of the molecule is O=C1CC(=O)C(N2CCN(c3cccc(-c4ccccc4)c3)CC2)=CN1. The number of rotatable bonds is 3. The van der Waals surface area contributed by atoms with Crippen LogP contribution in [0, 0.1) is 0 Å². The molecule has 2 aromatic rings. The number of hydrogen-bond acceptors (Lipinski definition) is 4. The van der Waals surface area contributed by atoms with Crippen LogP contribution in [0.2, 0.25) is 0 Å². The van der Waals surface area contributed by atoms with Gasteiger partial charge in [0.2, 0.25) is 5.91 Å². The summed E-state index contributed by atoms with van der Waals surface area (Å²) in [6, 6.07) is 18.9. The lowest BCUT2D eigenvalue weighted by Crippen LogP contribution is -2.48. The van der Waals surface area contributed by atoms with Gasteiger partial charge in [0.05, 0.1) is 12.1 Å². The highest BCUT2D eigenvalue weighted by Crippen LogP contribution is 2.26. The minimum atomic E-state index is -0.227. The Balaban J connectivity index is 1.45. The molecule has 2 aromatic carbocycles. The van der Waals surface area contributed by atoms with Crippen molar-refractivity contribution < 1.29 is 9.59 Å². The van der Waals surface area contributed by atoms with Crippen LogP contribution in [0.3, 0.4) is 0 Å². The Hall–Kier alpha value is -3.08. The largest absolute Gasteiger partial charge is 0.368 e. The zero-order chi connectivity index (χ0) is 17.9. The average Bonchev–Trinajstić information content (AvgIpc) is 2.69. The molecular weight excluding hydrogens is 326 g/mol. The molecule has 2 aliphatic heterocycles. The van der Waals surface area contributed by atoms with Gasteiger partial charge in [-0.15, -0.1) is 0 Å². The number of allylic oxidation sites excluding steroid dienone is 1. The van der Waals surface area contributed by atoms with E-state index >= 15 is 0 Å². The first kappa shape index (κ1) is 16.4. The first-order valence-electron chi connectivity index (χ1n) is 8.89. The lowest BCUT2D eigenvalue weighted by molar-refractivity contribution is -0.127. The third-order valence-corrected chi connectivity index (χ3v) is 4.92. The maximum Gasteiger partial charge on any atom is 0.231 e. The van der Waals surface area contributed by atoms with Crippen molar-refractivity contribution >= 4 is 17.4 Å². The fourth-order valence-electron chi connectivity index (χ4n) is 3.50. The van der Waals surface area contributed by atoms with Crippen molar-refractivity contribution in [2.45, 2.75) is 6.42 Å². The third kappa shape index (κ3) is 3.33. The Morgan fingerprint density at radius 1 is 0.769 bits per heavy atom. The topological polar surface area (TPSA) is 52.7 Å². The van der Waals surface area contributed by atoms with Gasteiger partial charge in [-0.2, -0.15) is 0 Å². The monoisotopic (exact) mass is 347 g/mol. The molecule has 0 aliphatic carbocycles. The number of carbonyl (C=O) groups excluding carboxylic acids is 2. The van der Waals surface area contributed by atoms with E-state index in [1.165, 1.54) is 16.8 Å². The number of nitrogens with one attached hydrogen (secondary N) is 1. The number of hydrogen-bond donors (Lipinski definition) is 1. The Bertz CT molecular complexity index is 853. The molecule has 1 N–H and O–H groups in total. The number of piperazine rings is 1. The first-order chi connectivity index (χ1) is 12.7. The molecule has 132 valence electrons. The van der Waals surface area contributed by atoms with E-state index in [9.17, 15) is 9.59 Å². The zero-order valence-electron chi connectivity index (χ0n) is 14.5. The molecule has 0 unspecified atom stereocenters. The lowest BCUT2D eigenvalue weighted by Gasteiger charge is -2.38. The van der Waals surface area contributed by atoms with Gasteiger partial charge >= 0.3 is 0 Å². The highest BCUT2D eigenvalue weighted by atomic mass is 16.2. The van der Waals surface area contributed by atoms with Gasteiger partial charge in [-0.3, -0.25) is 9.59 Å². The van der Waals surface area contributed by atoms with E-state index in [1.54, 1.807) is 6.20 Å². The van der Waals surface area contributed by atoms with Crippen LogP contribution in [0.25, 0.3) is 11.1 Å². The fraction of sp³-hybridized carbons (Fsp3) is 0.238. The number of anilines is 1. The summed E-state index contributed by atoms with van der Waals surface area (Å²) in [4.78, 5) is 27.8. The summed E-state index contributed by atoms with van der Waals surface area (Å²) < 4.78 is 0. The molecule has 1 saturated heterocycles. The summed E-state index contributed by atoms with van der Waals surface area (Å²) in [5.41, 5.74) is 4.24. The Kier molecular flexibility index (Phi) is 4.44. The van der Waals surface area contributed by atoms with E-state index in [-0.39, 0.29) is 18.1 Å². The smallest absolute Gasteiger partial charge is 0.231 e. The Morgan fingerprint density at radius 2 is 1.46 bits per heavy atom. The van der Waals surface area contributed by atoms with Crippen molar-refractivity contribution in [1.82, 2.24) is 10.2 Å². The average molecular weight is 347 g/mol. The van der Waals surface area contributed by atoms with Crippen LogP contribution in [0.4, 0.5) is 5.69 Å². The van der Waals surface area contributed by atoms with Gasteiger partial charge in [-0.05, 0) is 23.3 Å². The van der Waals surface area contributed by atoms with Gasteiger partial charge in [0.1, 0.15) is 0 Å². The molecule has 2 heterocycles. The summed E-state index contributed by atoms with van der Waals surface area (Å²) in [5.74, 6) is -0.316. The molecule has 0 spiro atoms. The highest BCUT2D eigenvalue weighted by molar-refractivity contribution is 6.09. The molecule has 5 nitrogen and oxygen atoms in total. The summed E-state index contributed by atoms with van der Waals surface area (Å²) in [6.07, 6.45) is 1.50. The van der Waals surface area contributed by atoms with E-state index in [0.29, 0.717) is 5.70 Å². The minimum Gasteiger partial charge on any atom is -0.368 e. The summed E-state index contributed by atoms with van der Waals surface area (Å²) in [5, 5.41) is 2.65. The van der Waals surface area contributed by atoms with Crippen molar-refractivity contribution in [2.75, 3.05) is 31.1 Å². The molecule has 0 aromatic heterocycles. The van der Waals surface area contributed by atoms with Crippen LogP contribution >= 0.6 is 0 Å². The molecule has 4 rings (SSSR count). The van der Waals surface area contributed by atoms with Crippen LogP contribution in [0.15, 0.2) is 66.5 Å². The molecule has 1 amide bonds. The molecule has 26 heavy (non-hydrogen) atoms. The predicted octanol–water partition coefficient (Wildman–Crippen LogP) is 2.41. The van der Waals surface area contributed by atoms with Crippen molar-refractivity contribution in [3.8, 4) is 11.1 Å². The molecule has 5 heteroatoms. The van der Waals surface area contributed by atoms with Crippen molar-refractivity contribution in [3.63, 3.8) is 0 Å². The van der Waals surface area contributed by atoms with Crippen LogP contribution in [0.5, 0.6) is 0 Å². The third-order valence-electron chi connectivity index (χ3n) is 4.92. The van der Waals surface area contributed by atoms with Gasteiger partial charge in [-0.1, -0.05) is 42.5 Å². The van der Waals surface area contributed by atoms with E-state index < -0.39 is 0 Å². The molecule has 0 saturated carbocycles. The van der Waals surface area contributed by atoms with Crippen LogP contribution in [0.1, 0.15) is 6.42 Å². The first-order valence-corrected chi connectivity index (χ1v) is 8.89. The Labute approximate surface area is 152 Å². The fourth-order valence-corrected chi connectivity index (χ4v) is 3.50. The molecular formula is C21H21N3O2. The number of carbonyl (C=O) groups is 2. The maximum absolute atomic E-state index is 12.1. The van der Waals surface area contributed by atoms with Crippen molar-refractivity contribution in [2.24, 2.45) is 0 Å². The minimum absolute atomic E-state index is 0.0504. The van der Waals surface area contributed by atoms with Crippen molar-refractivity contribution in [3.05, 3.63) is 66.5 Å². The van der Waals surface area contributed by atoms with Gasteiger partial charge < -0.3 is 15.1 Å². The van der Waals surface area contributed by atoms with E-state index in [2.05, 4.69) is 63.6 Å². The number of Topliss-reactive ketones (excluding diaryl/α,β-unsaturated/α-hetero) is 1. The van der Waals surface area contributed by atoms with Gasteiger partial charge in [0, 0.05) is 38.1 Å². The molecule has 0 radical (unpaired) electrons. The van der Waals surface area contributed by atoms with Gasteiger partial charge in [0.25, 0.3) is 0 Å². The van der Waals surface area contributed by atoms with Crippen LogP contribution < -0.4 is 10.2 Å². The van der Waals surface area contributed by atoms with E-state index in [1.807, 2.05) is 6.07 Å². The second-order valence-electron chi connectivity index (χ2n) is 6.59. The van der Waals surface area contributed by atoms with E-state index in [4.69, 9.17) is 0 Å². The zero-order valence-corrected chi connectivity index (χ0v) is 14.5. The number of nitrogens with zero attached hydrogens (tertiary/aromatic N) is 2. The summed E-state index contributed by atoms with van der Waals surface area (Å²) >= 11 is 0. The second-order valence-corrected chi connectivity index (χ2v) is 6.59. The molecule has 1 fully saturated rings. The molecule has 0 atom stereocenters. The molecule has 0 bridgehead atoms. The number of amides is 1. The predicted molar refractivity (Wildman–Crippen MR) is 102 cm³/mol.